The lowest BCUT2D eigenvalue weighted by Crippen LogP contribution is -2.59. The molecule has 1 fully saturated rings. The summed E-state index contributed by atoms with van der Waals surface area (Å²) in [6.07, 6.45) is -0.753. The zero-order chi connectivity index (χ0) is 21.9. The summed E-state index contributed by atoms with van der Waals surface area (Å²) >= 11 is 12.2. The minimum Gasteiger partial charge on any atom is -0.443 e. The van der Waals surface area contributed by atoms with Crippen molar-refractivity contribution < 1.29 is 13.9 Å². The van der Waals surface area contributed by atoms with Gasteiger partial charge in [-0.15, -0.1) is 0 Å². The zero-order valence-corrected chi connectivity index (χ0v) is 17.9. The predicted octanol–water partition coefficient (Wildman–Crippen LogP) is 4.46. The van der Waals surface area contributed by atoms with E-state index in [0.29, 0.717) is 12.1 Å². The summed E-state index contributed by atoms with van der Waals surface area (Å²) in [5, 5.41) is 25.4. The zero-order valence-electron chi connectivity index (χ0n) is 16.4. The van der Waals surface area contributed by atoms with E-state index in [-0.39, 0.29) is 41.1 Å². The molecule has 2 N–H and O–H groups in total. The van der Waals surface area contributed by atoms with Crippen molar-refractivity contribution in [2.24, 2.45) is 0 Å². The van der Waals surface area contributed by atoms with E-state index < -0.39 is 23.6 Å². The molecule has 0 aromatic heterocycles. The minimum atomic E-state index is -0.765. The van der Waals surface area contributed by atoms with Crippen molar-refractivity contribution >= 4 is 40.8 Å². The van der Waals surface area contributed by atoms with Gasteiger partial charge in [0.25, 0.3) is 0 Å². The summed E-state index contributed by atoms with van der Waals surface area (Å²) in [6.45, 7) is 5.73. The second-order valence-corrected chi connectivity index (χ2v) is 8.40. The lowest BCUT2D eigenvalue weighted by Gasteiger charge is -2.41. The molecule has 1 atom stereocenters. The minimum absolute atomic E-state index is 0.0841. The van der Waals surface area contributed by atoms with Gasteiger partial charge in [0.15, 0.2) is 0 Å². The van der Waals surface area contributed by atoms with E-state index in [1.807, 2.05) is 0 Å². The fourth-order valence-electron chi connectivity index (χ4n) is 2.94. The molecular formula is C19H22Cl2FN5O2. The number of carbonyl (C=O) groups is 1. The van der Waals surface area contributed by atoms with E-state index in [4.69, 9.17) is 44.0 Å². The van der Waals surface area contributed by atoms with Crippen LogP contribution < -0.4 is 0 Å². The third kappa shape index (κ3) is 5.66. The highest BCUT2D eigenvalue weighted by molar-refractivity contribution is 6.36. The fraction of sp³-hybridized carbons (Fsp3) is 0.474. The Hall–Kier alpha value is -2.21. The Morgan fingerprint density at radius 2 is 2.03 bits per heavy atom. The molecule has 0 aliphatic carbocycles. The number of piperazine rings is 1. The van der Waals surface area contributed by atoms with Gasteiger partial charge < -0.3 is 4.74 Å². The summed E-state index contributed by atoms with van der Waals surface area (Å²) in [5.41, 5.74) is -0.626. The molecule has 7 nitrogen and oxygen atoms in total. The van der Waals surface area contributed by atoms with Gasteiger partial charge in [-0.3, -0.25) is 20.6 Å². The highest BCUT2D eigenvalue weighted by Gasteiger charge is 2.37. The van der Waals surface area contributed by atoms with Gasteiger partial charge in [-0.1, -0.05) is 23.2 Å². The maximum Gasteiger partial charge on any atom is 0.415 e. The van der Waals surface area contributed by atoms with Crippen LogP contribution in [0.3, 0.4) is 0 Å². The number of carbonyl (C=O) groups excluding carboxylic acids is 1. The molecular weight excluding hydrogens is 420 g/mol. The van der Waals surface area contributed by atoms with Crippen LogP contribution in [0.5, 0.6) is 0 Å². The quantitative estimate of drug-likeness (QED) is 0.531. The van der Waals surface area contributed by atoms with Crippen molar-refractivity contribution in [1.29, 1.82) is 16.1 Å². The van der Waals surface area contributed by atoms with Crippen molar-refractivity contribution in [3.63, 3.8) is 0 Å². The van der Waals surface area contributed by atoms with Crippen LogP contribution in [0.15, 0.2) is 12.1 Å². The van der Waals surface area contributed by atoms with Crippen LogP contribution in [0.4, 0.5) is 9.18 Å². The summed E-state index contributed by atoms with van der Waals surface area (Å²) in [6, 6.07) is 3.54. The van der Waals surface area contributed by atoms with E-state index in [9.17, 15) is 9.18 Å². The molecule has 1 aliphatic heterocycles. The summed E-state index contributed by atoms with van der Waals surface area (Å²) in [5.74, 6) is -0.719. The Morgan fingerprint density at radius 1 is 1.38 bits per heavy atom. The van der Waals surface area contributed by atoms with Crippen LogP contribution in [0.2, 0.25) is 10.0 Å². The van der Waals surface area contributed by atoms with E-state index in [0.717, 1.165) is 0 Å². The Kier molecular flexibility index (Phi) is 7.22. The molecule has 10 heteroatoms. The number of hydrogen-bond acceptors (Lipinski definition) is 6. The highest BCUT2D eigenvalue weighted by atomic mass is 35.5. The van der Waals surface area contributed by atoms with Gasteiger partial charge in [0, 0.05) is 36.6 Å². The molecule has 156 valence electrons. The lowest BCUT2D eigenvalue weighted by molar-refractivity contribution is 0.0298. The first-order valence-electron chi connectivity index (χ1n) is 8.87. The SMILES string of the molecule is CC(C)(C)OC(=O)N1CCN(Cc2c(Cl)ccc(F)c2Cl)C(CC(=N)C#N)C1=N. The molecule has 29 heavy (non-hydrogen) atoms. The first-order valence-corrected chi connectivity index (χ1v) is 9.63. The molecule has 0 radical (unpaired) electrons. The molecule has 1 aromatic rings. The van der Waals surface area contributed by atoms with Gasteiger partial charge in [-0.25, -0.2) is 9.18 Å². The van der Waals surface area contributed by atoms with Gasteiger partial charge >= 0.3 is 6.09 Å². The van der Waals surface area contributed by atoms with Crippen molar-refractivity contribution in [3.05, 3.63) is 33.6 Å². The summed E-state index contributed by atoms with van der Waals surface area (Å²) in [4.78, 5) is 15.4. The van der Waals surface area contributed by atoms with Crippen molar-refractivity contribution in [1.82, 2.24) is 9.80 Å². The molecule has 1 heterocycles. The smallest absolute Gasteiger partial charge is 0.415 e. The van der Waals surface area contributed by atoms with Crippen LogP contribution in [-0.4, -0.2) is 52.2 Å². The topological polar surface area (TPSA) is 104 Å². The number of ether oxygens (including phenoxy) is 1. The van der Waals surface area contributed by atoms with Gasteiger partial charge in [0.2, 0.25) is 0 Å². The van der Waals surface area contributed by atoms with Crippen LogP contribution in [0.1, 0.15) is 32.8 Å². The molecule has 0 spiro atoms. The third-order valence-corrected chi connectivity index (χ3v) is 5.07. The highest BCUT2D eigenvalue weighted by Crippen LogP contribution is 2.30. The predicted molar refractivity (Wildman–Crippen MR) is 109 cm³/mol. The van der Waals surface area contributed by atoms with Gasteiger partial charge in [0.1, 0.15) is 29.0 Å². The standard InChI is InChI=1S/C19H22Cl2FN5O2/c1-19(2,3)29-18(28)27-7-6-26(15(17(27)25)8-11(24)9-23)10-12-13(20)4-5-14(22)16(12)21/h4-5,15,24-25H,6-8,10H2,1-3H3. The second-order valence-electron chi connectivity index (χ2n) is 7.62. The van der Waals surface area contributed by atoms with Gasteiger partial charge in [-0.2, -0.15) is 5.26 Å². The number of amidine groups is 1. The lowest BCUT2D eigenvalue weighted by atomic mass is 10.0. The summed E-state index contributed by atoms with van der Waals surface area (Å²) in [7, 11) is 0. The number of nitrogens with one attached hydrogen (secondary N) is 2. The third-order valence-electron chi connectivity index (χ3n) is 4.30. The number of rotatable bonds is 4. The van der Waals surface area contributed by atoms with Crippen LogP contribution in [0, 0.1) is 28.0 Å². The summed E-state index contributed by atoms with van der Waals surface area (Å²) < 4.78 is 19.2. The van der Waals surface area contributed by atoms with E-state index in [1.54, 1.807) is 31.7 Å². The normalized spacial score (nSPS) is 17.8. The molecule has 1 saturated heterocycles. The van der Waals surface area contributed by atoms with Crippen LogP contribution >= 0.6 is 23.2 Å². The average Bonchev–Trinajstić information content (AvgIpc) is 2.62. The maximum absolute atomic E-state index is 13.9. The second kappa shape index (κ2) is 9.08. The molecule has 1 aliphatic rings. The van der Waals surface area contributed by atoms with Crippen LogP contribution in [-0.2, 0) is 11.3 Å². The Balaban J connectivity index is 2.31. The van der Waals surface area contributed by atoms with E-state index >= 15 is 0 Å². The number of nitriles is 1. The molecule has 1 aromatic carbocycles. The number of halogens is 3. The number of benzene rings is 1. The molecule has 0 saturated carbocycles. The molecule has 0 bridgehead atoms. The number of nitrogens with zero attached hydrogens (tertiary/aromatic N) is 3. The molecule has 1 unspecified atom stereocenters. The van der Waals surface area contributed by atoms with Gasteiger partial charge in [0.05, 0.1) is 11.1 Å². The van der Waals surface area contributed by atoms with Crippen molar-refractivity contribution in [2.75, 3.05) is 13.1 Å². The van der Waals surface area contributed by atoms with E-state index in [2.05, 4.69) is 0 Å². The largest absolute Gasteiger partial charge is 0.443 e. The number of amides is 1. The molecule has 1 amide bonds. The Morgan fingerprint density at radius 3 is 2.62 bits per heavy atom. The van der Waals surface area contributed by atoms with E-state index in [1.165, 1.54) is 17.0 Å². The van der Waals surface area contributed by atoms with Crippen molar-refractivity contribution in [3.8, 4) is 6.07 Å². The first kappa shape index (κ1) is 23.1. The molecule has 2 rings (SSSR count). The van der Waals surface area contributed by atoms with Gasteiger partial charge in [-0.05, 0) is 32.9 Å². The Bertz CT molecular complexity index is 879. The maximum atomic E-state index is 13.9. The van der Waals surface area contributed by atoms with Crippen LogP contribution in [0.25, 0.3) is 0 Å². The number of hydrogen-bond donors (Lipinski definition) is 2. The average molecular weight is 442 g/mol. The Labute approximate surface area is 178 Å². The monoisotopic (exact) mass is 441 g/mol. The first-order chi connectivity index (χ1) is 13.4. The van der Waals surface area contributed by atoms with Crippen molar-refractivity contribution in [2.45, 2.75) is 45.4 Å². The fourth-order valence-corrected chi connectivity index (χ4v) is 3.43.